The molecule has 4 nitrogen and oxygen atoms in total. The molecule has 0 spiro atoms. The molecule has 3 rings (SSSR count). The van der Waals surface area contributed by atoms with Gasteiger partial charge in [-0.1, -0.05) is 12.1 Å². The monoisotopic (exact) mass is 302 g/mol. The molecule has 0 fully saturated rings. The van der Waals surface area contributed by atoms with Crippen LogP contribution in [0.25, 0.3) is 0 Å². The van der Waals surface area contributed by atoms with Crippen LogP contribution in [0.5, 0.6) is 5.75 Å². The lowest BCUT2D eigenvalue weighted by atomic mass is 10.0. The predicted molar refractivity (Wildman–Crippen MR) is 86.5 cm³/mol. The van der Waals surface area contributed by atoms with E-state index in [0.29, 0.717) is 17.1 Å². The van der Waals surface area contributed by atoms with Crippen LogP contribution in [0.3, 0.4) is 0 Å². The van der Waals surface area contributed by atoms with E-state index in [0.717, 1.165) is 34.7 Å². The van der Waals surface area contributed by atoms with Crippen LogP contribution in [-0.4, -0.2) is 19.6 Å². The zero-order valence-electron chi connectivity index (χ0n) is 12.2. The summed E-state index contributed by atoms with van der Waals surface area (Å²) in [5.41, 5.74) is 8.62. The molecule has 0 bridgehead atoms. The Hall–Kier alpha value is -2.01. The molecule has 21 heavy (non-hydrogen) atoms. The smallest absolute Gasteiger partial charge is 0.268 e. The number of benzene rings is 1. The zero-order valence-corrected chi connectivity index (χ0v) is 13.0. The number of nitrogen functional groups attached to an aromatic ring is 1. The number of hydrogen-bond acceptors (Lipinski definition) is 4. The van der Waals surface area contributed by atoms with E-state index in [2.05, 4.69) is 6.07 Å². The van der Waals surface area contributed by atoms with Crippen LogP contribution in [0, 0.1) is 6.92 Å². The molecule has 2 heterocycles. The van der Waals surface area contributed by atoms with E-state index in [4.69, 9.17) is 10.5 Å². The Morgan fingerprint density at radius 2 is 2.24 bits per heavy atom. The second kappa shape index (κ2) is 5.41. The molecule has 0 unspecified atom stereocenters. The molecule has 1 aromatic heterocycles. The van der Waals surface area contributed by atoms with Gasteiger partial charge < -0.3 is 15.4 Å². The first-order chi connectivity index (χ1) is 10.1. The van der Waals surface area contributed by atoms with Crippen molar-refractivity contribution in [3.63, 3.8) is 0 Å². The Morgan fingerprint density at radius 3 is 2.90 bits per heavy atom. The standard InChI is InChI=1S/C16H18N2O2S/c1-10-12(17)9-14(21-10)16(19)18-8-4-6-11-5-3-7-13(20-2)15(11)18/h3,5,7,9H,4,6,8,17H2,1-2H3. The summed E-state index contributed by atoms with van der Waals surface area (Å²) in [6.07, 6.45) is 1.94. The fourth-order valence-corrected chi connectivity index (χ4v) is 3.61. The van der Waals surface area contributed by atoms with Gasteiger partial charge in [0.05, 0.1) is 17.7 Å². The van der Waals surface area contributed by atoms with Gasteiger partial charge in [-0.15, -0.1) is 11.3 Å². The maximum absolute atomic E-state index is 12.8. The maximum atomic E-state index is 12.8. The summed E-state index contributed by atoms with van der Waals surface area (Å²) in [5.74, 6) is 0.757. The number of hydrogen-bond donors (Lipinski definition) is 1. The van der Waals surface area contributed by atoms with Gasteiger partial charge in [0.2, 0.25) is 0 Å². The molecule has 0 aliphatic carbocycles. The SMILES string of the molecule is COc1cccc2c1N(C(=O)c1cc(N)c(C)s1)CCC2. The van der Waals surface area contributed by atoms with Gasteiger partial charge in [-0.05, 0) is 37.5 Å². The van der Waals surface area contributed by atoms with Gasteiger partial charge in [-0.3, -0.25) is 4.79 Å². The van der Waals surface area contributed by atoms with Crippen molar-refractivity contribution in [3.05, 3.63) is 39.6 Å². The van der Waals surface area contributed by atoms with Crippen LogP contribution in [-0.2, 0) is 6.42 Å². The number of nitrogens with two attached hydrogens (primary N) is 1. The lowest BCUT2D eigenvalue weighted by molar-refractivity contribution is 0.0988. The van der Waals surface area contributed by atoms with Crippen molar-refractivity contribution in [2.24, 2.45) is 0 Å². The van der Waals surface area contributed by atoms with Crippen molar-refractivity contribution in [1.82, 2.24) is 0 Å². The number of ether oxygens (including phenoxy) is 1. The average Bonchev–Trinajstić information content (AvgIpc) is 2.84. The second-order valence-electron chi connectivity index (χ2n) is 5.15. The minimum atomic E-state index is 0.00486. The number of nitrogens with zero attached hydrogens (tertiary/aromatic N) is 1. The highest BCUT2D eigenvalue weighted by Gasteiger charge is 2.27. The fourth-order valence-electron chi connectivity index (χ4n) is 2.72. The van der Waals surface area contributed by atoms with Gasteiger partial charge in [-0.25, -0.2) is 0 Å². The van der Waals surface area contributed by atoms with Crippen molar-refractivity contribution < 1.29 is 9.53 Å². The first kappa shape index (κ1) is 13.9. The Kier molecular flexibility index (Phi) is 3.59. The highest BCUT2D eigenvalue weighted by Crippen LogP contribution is 2.38. The van der Waals surface area contributed by atoms with E-state index in [1.807, 2.05) is 24.0 Å². The topological polar surface area (TPSA) is 55.6 Å². The van der Waals surface area contributed by atoms with Crippen molar-refractivity contribution in [2.75, 3.05) is 24.3 Å². The summed E-state index contributed by atoms with van der Waals surface area (Å²) in [5, 5.41) is 0. The fraction of sp³-hybridized carbons (Fsp3) is 0.312. The van der Waals surface area contributed by atoms with E-state index >= 15 is 0 Å². The number of amides is 1. The third-order valence-corrected chi connectivity index (χ3v) is 4.87. The van der Waals surface area contributed by atoms with Crippen LogP contribution in [0.4, 0.5) is 11.4 Å². The zero-order chi connectivity index (χ0) is 15.0. The third-order valence-electron chi connectivity index (χ3n) is 3.81. The van der Waals surface area contributed by atoms with Gasteiger partial charge in [0.15, 0.2) is 0 Å². The largest absolute Gasteiger partial charge is 0.495 e. The van der Waals surface area contributed by atoms with Gasteiger partial charge >= 0.3 is 0 Å². The molecule has 1 aliphatic rings. The van der Waals surface area contributed by atoms with Crippen molar-refractivity contribution in [3.8, 4) is 5.75 Å². The molecule has 2 N–H and O–H groups in total. The number of carbonyl (C=O) groups is 1. The number of anilines is 2. The van der Waals surface area contributed by atoms with E-state index in [9.17, 15) is 4.79 Å². The average molecular weight is 302 g/mol. The molecule has 1 aliphatic heterocycles. The Morgan fingerprint density at radius 1 is 1.43 bits per heavy atom. The van der Waals surface area contributed by atoms with Gasteiger partial charge in [-0.2, -0.15) is 0 Å². The Bertz CT molecular complexity index is 660. The molecular weight excluding hydrogens is 284 g/mol. The quantitative estimate of drug-likeness (QED) is 0.926. The van der Waals surface area contributed by atoms with Gasteiger partial charge in [0.1, 0.15) is 5.75 Å². The van der Waals surface area contributed by atoms with E-state index in [-0.39, 0.29) is 5.91 Å². The number of aryl methyl sites for hydroxylation is 2. The summed E-state index contributed by atoms with van der Waals surface area (Å²) in [6.45, 7) is 2.64. The molecule has 5 heteroatoms. The third kappa shape index (κ3) is 2.38. The number of rotatable bonds is 2. The molecule has 0 saturated heterocycles. The molecular formula is C16H18N2O2S. The highest BCUT2D eigenvalue weighted by atomic mass is 32.1. The van der Waals surface area contributed by atoms with E-state index in [1.165, 1.54) is 11.3 Å². The highest BCUT2D eigenvalue weighted by molar-refractivity contribution is 7.14. The molecule has 2 aromatic rings. The van der Waals surface area contributed by atoms with Crippen molar-refractivity contribution in [1.29, 1.82) is 0 Å². The van der Waals surface area contributed by atoms with E-state index in [1.54, 1.807) is 13.2 Å². The number of para-hydroxylation sites is 1. The van der Waals surface area contributed by atoms with Gasteiger partial charge in [0.25, 0.3) is 5.91 Å². The predicted octanol–water partition coefficient (Wildman–Crippen LogP) is 3.24. The number of fused-ring (bicyclic) bond motifs is 1. The summed E-state index contributed by atoms with van der Waals surface area (Å²) < 4.78 is 5.44. The Balaban J connectivity index is 2.03. The number of thiophene rings is 1. The minimum absolute atomic E-state index is 0.00486. The normalized spacial score (nSPS) is 13.9. The Labute approximate surface area is 128 Å². The molecule has 0 radical (unpaired) electrons. The number of carbonyl (C=O) groups excluding carboxylic acids is 1. The first-order valence-corrected chi connectivity index (χ1v) is 7.77. The van der Waals surface area contributed by atoms with E-state index < -0.39 is 0 Å². The second-order valence-corrected chi connectivity index (χ2v) is 6.41. The van der Waals surface area contributed by atoms with Crippen LogP contribution in [0.15, 0.2) is 24.3 Å². The summed E-state index contributed by atoms with van der Waals surface area (Å²) in [4.78, 5) is 16.3. The number of methoxy groups -OCH3 is 1. The molecule has 0 saturated carbocycles. The van der Waals surface area contributed by atoms with Crippen LogP contribution >= 0.6 is 11.3 Å². The first-order valence-electron chi connectivity index (χ1n) is 6.95. The van der Waals surface area contributed by atoms with Gasteiger partial charge in [0, 0.05) is 17.1 Å². The van der Waals surface area contributed by atoms with Crippen LogP contribution < -0.4 is 15.4 Å². The van der Waals surface area contributed by atoms with Crippen molar-refractivity contribution in [2.45, 2.75) is 19.8 Å². The molecule has 1 amide bonds. The molecule has 1 aromatic carbocycles. The van der Waals surface area contributed by atoms with Crippen LogP contribution in [0.1, 0.15) is 26.5 Å². The molecule has 0 atom stereocenters. The van der Waals surface area contributed by atoms with Crippen molar-refractivity contribution >= 4 is 28.6 Å². The summed E-state index contributed by atoms with van der Waals surface area (Å²) in [7, 11) is 1.64. The maximum Gasteiger partial charge on any atom is 0.268 e. The molecule has 110 valence electrons. The lowest BCUT2D eigenvalue weighted by Crippen LogP contribution is -2.35. The minimum Gasteiger partial charge on any atom is -0.495 e. The van der Waals surface area contributed by atoms with Crippen LogP contribution in [0.2, 0.25) is 0 Å². The lowest BCUT2D eigenvalue weighted by Gasteiger charge is -2.30. The summed E-state index contributed by atoms with van der Waals surface area (Å²) >= 11 is 1.45. The summed E-state index contributed by atoms with van der Waals surface area (Å²) in [6, 6.07) is 7.70.